The van der Waals surface area contributed by atoms with Crippen LogP contribution in [0, 0.1) is 0 Å². The van der Waals surface area contributed by atoms with Gasteiger partial charge in [-0.15, -0.1) is 0 Å². The summed E-state index contributed by atoms with van der Waals surface area (Å²) in [6.07, 6.45) is -0.195. The van der Waals surface area contributed by atoms with Crippen molar-refractivity contribution in [3.8, 4) is 50.8 Å². The molecule has 0 saturated heterocycles. The van der Waals surface area contributed by atoms with E-state index in [1.165, 1.54) is 10.8 Å². The first-order valence-corrected chi connectivity index (χ1v) is 15.8. The summed E-state index contributed by atoms with van der Waals surface area (Å²) in [5, 5.41) is 8.13. The minimum atomic E-state index is -0.195. The summed E-state index contributed by atoms with van der Waals surface area (Å²) in [7, 11) is 0. The molecule has 0 amide bonds. The third kappa shape index (κ3) is 5.06. The van der Waals surface area contributed by atoms with Crippen molar-refractivity contribution < 1.29 is 4.74 Å². The highest BCUT2D eigenvalue weighted by atomic mass is 16.5. The Labute approximate surface area is 273 Å². The maximum absolute atomic E-state index is 6.42. The van der Waals surface area contributed by atoms with Gasteiger partial charge >= 0.3 is 0 Å². The summed E-state index contributed by atoms with van der Waals surface area (Å²) in [4.78, 5) is 10.2. The Morgan fingerprint density at radius 2 is 1.09 bits per heavy atom. The van der Waals surface area contributed by atoms with Gasteiger partial charge in [-0.3, -0.25) is 0 Å². The van der Waals surface area contributed by atoms with E-state index >= 15 is 0 Å². The first kappa shape index (κ1) is 27.1. The van der Waals surface area contributed by atoms with Crippen molar-refractivity contribution in [3.05, 3.63) is 169 Å². The molecular formula is C43H29N3O. The van der Waals surface area contributed by atoms with E-state index in [0.29, 0.717) is 5.82 Å². The number of nitrogens with zero attached hydrogens (tertiary/aromatic N) is 2. The van der Waals surface area contributed by atoms with Gasteiger partial charge in [-0.2, -0.15) is 0 Å². The van der Waals surface area contributed by atoms with Crippen molar-refractivity contribution in [2.75, 3.05) is 5.32 Å². The Kier molecular flexibility index (Phi) is 6.50. The lowest BCUT2D eigenvalue weighted by atomic mass is 9.98. The summed E-state index contributed by atoms with van der Waals surface area (Å²) in [6, 6.07) is 57.0. The summed E-state index contributed by atoms with van der Waals surface area (Å²) in [5.41, 5.74) is 9.22. The lowest BCUT2D eigenvalue weighted by Gasteiger charge is -2.12. The van der Waals surface area contributed by atoms with Crippen LogP contribution in [0.1, 0.15) is 11.8 Å². The number of rotatable bonds is 5. The molecule has 9 rings (SSSR count). The zero-order valence-electron chi connectivity index (χ0n) is 25.5. The molecule has 0 spiro atoms. The Morgan fingerprint density at radius 3 is 1.94 bits per heavy atom. The second kappa shape index (κ2) is 11.3. The van der Waals surface area contributed by atoms with Crippen molar-refractivity contribution in [2.45, 2.75) is 6.23 Å². The second-order valence-electron chi connectivity index (χ2n) is 11.9. The largest absolute Gasteiger partial charge is 0.464 e. The third-order valence-corrected chi connectivity index (χ3v) is 8.89. The molecule has 1 atom stereocenters. The van der Waals surface area contributed by atoms with E-state index < -0.39 is 0 Å². The minimum Gasteiger partial charge on any atom is -0.464 e. The van der Waals surface area contributed by atoms with Crippen molar-refractivity contribution in [1.82, 2.24) is 9.97 Å². The van der Waals surface area contributed by atoms with Crippen LogP contribution >= 0.6 is 0 Å². The zero-order valence-corrected chi connectivity index (χ0v) is 25.5. The second-order valence-corrected chi connectivity index (χ2v) is 11.9. The van der Waals surface area contributed by atoms with E-state index in [1.54, 1.807) is 0 Å². The van der Waals surface area contributed by atoms with E-state index in [9.17, 15) is 0 Å². The maximum Gasteiger partial charge on any atom is 0.196 e. The highest BCUT2D eigenvalue weighted by molar-refractivity contribution is 5.97. The minimum absolute atomic E-state index is 0.195. The van der Waals surface area contributed by atoms with E-state index in [1.807, 2.05) is 36.4 Å². The van der Waals surface area contributed by atoms with E-state index in [0.717, 1.165) is 67.0 Å². The molecule has 0 bridgehead atoms. The number of benzene rings is 7. The first-order valence-electron chi connectivity index (χ1n) is 15.8. The predicted octanol–water partition coefficient (Wildman–Crippen LogP) is 11.0. The average molecular weight is 604 g/mol. The lowest BCUT2D eigenvalue weighted by molar-refractivity contribution is 0.262. The quantitative estimate of drug-likeness (QED) is 0.213. The van der Waals surface area contributed by atoms with Crippen LogP contribution in [0.15, 0.2) is 164 Å². The fourth-order valence-electron chi connectivity index (χ4n) is 6.46. The fraction of sp³-hybridized carbons (Fsp3) is 0.0233. The van der Waals surface area contributed by atoms with Crippen LogP contribution in [0.25, 0.3) is 66.6 Å². The molecule has 1 aromatic heterocycles. The number of nitrogens with one attached hydrogen (secondary N) is 1. The van der Waals surface area contributed by atoms with Gasteiger partial charge in [-0.1, -0.05) is 127 Å². The molecule has 1 aliphatic heterocycles. The number of anilines is 1. The molecule has 1 unspecified atom stereocenters. The first-order chi connectivity index (χ1) is 23.2. The van der Waals surface area contributed by atoms with Gasteiger partial charge in [0, 0.05) is 27.6 Å². The van der Waals surface area contributed by atoms with Gasteiger partial charge in [0.1, 0.15) is 0 Å². The van der Waals surface area contributed by atoms with Gasteiger partial charge in [-0.25, -0.2) is 9.97 Å². The molecule has 7 aromatic carbocycles. The highest BCUT2D eigenvalue weighted by Crippen LogP contribution is 2.44. The molecule has 4 nitrogen and oxygen atoms in total. The van der Waals surface area contributed by atoms with E-state index in [2.05, 4.69) is 133 Å². The highest BCUT2D eigenvalue weighted by Gasteiger charge is 2.25. The van der Waals surface area contributed by atoms with Gasteiger partial charge < -0.3 is 10.1 Å². The van der Waals surface area contributed by atoms with Gasteiger partial charge in [0.2, 0.25) is 0 Å². The van der Waals surface area contributed by atoms with Gasteiger partial charge in [0.05, 0.1) is 17.1 Å². The topological polar surface area (TPSA) is 47.0 Å². The fourth-order valence-corrected chi connectivity index (χ4v) is 6.46. The number of aromatic nitrogens is 2. The van der Waals surface area contributed by atoms with Crippen LogP contribution in [0.4, 0.5) is 5.69 Å². The molecule has 8 aromatic rings. The monoisotopic (exact) mass is 603 g/mol. The Bertz CT molecular complexity index is 2420. The molecule has 0 radical (unpaired) electrons. The Balaban J connectivity index is 1.10. The van der Waals surface area contributed by atoms with Gasteiger partial charge in [0.25, 0.3) is 0 Å². The molecule has 222 valence electrons. The van der Waals surface area contributed by atoms with Gasteiger partial charge in [0.15, 0.2) is 17.8 Å². The van der Waals surface area contributed by atoms with Crippen molar-refractivity contribution in [3.63, 3.8) is 0 Å². The standard InChI is InChI=1S/C43H29N3O/c1-3-11-29(12-4-1)39-27-40(35-19-18-28-10-7-8-15-31(28)25-35)45-42(44-39)36-17-9-16-32(26-36)33-20-22-37-34(24-33)21-23-38-41(37)47-43(46-38)30-13-5-2-6-14-30/h1-27,43,46H. The van der Waals surface area contributed by atoms with Crippen LogP contribution in [0.5, 0.6) is 5.75 Å². The normalized spacial score (nSPS) is 13.7. The summed E-state index contributed by atoms with van der Waals surface area (Å²) in [5.74, 6) is 1.59. The Morgan fingerprint density at radius 1 is 0.447 bits per heavy atom. The molecule has 1 aliphatic rings. The average Bonchev–Trinajstić information content (AvgIpc) is 3.60. The predicted molar refractivity (Wildman–Crippen MR) is 192 cm³/mol. The summed E-state index contributed by atoms with van der Waals surface area (Å²) in [6.45, 7) is 0. The molecular weight excluding hydrogens is 574 g/mol. The molecule has 4 heteroatoms. The lowest BCUT2D eigenvalue weighted by Crippen LogP contribution is -2.09. The van der Waals surface area contributed by atoms with Crippen molar-refractivity contribution in [1.29, 1.82) is 0 Å². The number of ether oxygens (including phenoxy) is 1. The van der Waals surface area contributed by atoms with E-state index in [-0.39, 0.29) is 6.23 Å². The van der Waals surface area contributed by atoms with E-state index in [4.69, 9.17) is 14.7 Å². The number of hydrogen-bond donors (Lipinski definition) is 1. The summed E-state index contributed by atoms with van der Waals surface area (Å²) < 4.78 is 6.42. The third-order valence-electron chi connectivity index (χ3n) is 8.89. The molecule has 1 N–H and O–H groups in total. The van der Waals surface area contributed by atoms with Crippen LogP contribution in [-0.4, -0.2) is 9.97 Å². The van der Waals surface area contributed by atoms with Crippen molar-refractivity contribution >= 4 is 27.2 Å². The molecule has 47 heavy (non-hydrogen) atoms. The SMILES string of the molecule is c1ccc(-c2cc(-c3ccc4ccccc4c3)nc(-c3cccc(-c4ccc5c6c(ccc5c4)NC(c4ccccc4)O6)c3)n2)cc1. The summed E-state index contributed by atoms with van der Waals surface area (Å²) >= 11 is 0. The van der Waals surface area contributed by atoms with Crippen LogP contribution in [-0.2, 0) is 0 Å². The van der Waals surface area contributed by atoms with Crippen LogP contribution < -0.4 is 10.1 Å². The molecule has 0 fully saturated rings. The molecule has 2 heterocycles. The van der Waals surface area contributed by atoms with Gasteiger partial charge in [-0.05, 0) is 63.7 Å². The zero-order chi connectivity index (χ0) is 31.2. The van der Waals surface area contributed by atoms with Crippen molar-refractivity contribution in [2.24, 2.45) is 0 Å². The van der Waals surface area contributed by atoms with Crippen LogP contribution in [0.2, 0.25) is 0 Å². The Hall–Kier alpha value is -6.26. The molecule has 0 aliphatic carbocycles. The number of hydrogen-bond acceptors (Lipinski definition) is 4. The maximum atomic E-state index is 6.42. The van der Waals surface area contributed by atoms with Crippen LogP contribution in [0.3, 0.4) is 0 Å². The smallest absolute Gasteiger partial charge is 0.196 e. The molecule has 0 saturated carbocycles. The number of fused-ring (bicyclic) bond motifs is 4.